The number of hydrogen-bond donors (Lipinski definition) is 1. The number of benzene rings is 1. The Bertz CT molecular complexity index is 581. The van der Waals surface area contributed by atoms with Crippen LogP contribution in [0.2, 0.25) is 0 Å². The molecule has 0 aromatic heterocycles. The molecule has 8 heteroatoms. The number of hydrogen-bond acceptors (Lipinski definition) is 7. The quantitative estimate of drug-likeness (QED) is 0.488. The van der Waals surface area contributed by atoms with E-state index in [1.807, 2.05) is 0 Å². The second-order valence-electron chi connectivity index (χ2n) is 3.17. The average molecular weight is 259 g/mol. The predicted octanol–water partition coefficient (Wildman–Crippen LogP) is 1.81. The van der Waals surface area contributed by atoms with Gasteiger partial charge in [-0.15, -0.1) is 0 Å². The van der Waals surface area contributed by atoms with E-state index in [9.17, 15) is 10.1 Å². The van der Waals surface area contributed by atoms with Gasteiger partial charge in [-0.3, -0.25) is 15.5 Å². The Kier molecular flexibility index (Phi) is 4.82. The molecule has 1 aromatic carbocycles. The molecule has 0 saturated heterocycles. The fourth-order valence-corrected chi connectivity index (χ4v) is 1.20. The molecule has 1 N–H and O–H groups in total. The highest BCUT2D eigenvalue weighted by atomic mass is 16.6. The SMILES string of the molecule is CCOc1cc(NN=C(C#N)C#N)ccc1[N+](=O)[O-]. The van der Waals surface area contributed by atoms with Crippen molar-refractivity contribution in [1.82, 2.24) is 0 Å². The van der Waals surface area contributed by atoms with Crippen LogP contribution in [0.25, 0.3) is 0 Å². The third kappa shape index (κ3) is 3.68. The van der Waals surface area contributed by atoms with Crippen molar-refractivity contribution in [3.05, 3.63) is 28.3 Å². The molecule has 0 unspecified atom stereocenters. The smallest absolute Gasteiger partial charge is 0.311 e. The molecule has 8 nitrogen and oxygen atoms in total. The van der Waals surface area contributed by atoms with Gasteiger partial charge in [0.1, 0.15) is 12.1 Å². The third-order valence-corrected chi connectivity index (χ3v) is 1.96. The molecule has 0 aliphatic rings. The van der Waals surface area contributed by atoms with Gasteiger partial charge >= 0.3 is 5.69 Å². The second kappa shape index (κ2) is 6.57. The minimum atomic E-state index is -0.561. The summed E-state index contributed by atoms with van der Waals surface area (Å²) in [4.78, 5) is 10.2. The van der Waals surface area contributed by atoms with Crippen molar-refractivity contribution in [3.8, 4) is 17.9 Å². The van der Waals surface area contributed by atoms with Crippen molar-refractivity contribution < 1.29 is 9.66 Å². The Balaban J connectivity index is 3.03. The second-order valence-corrected chi connectivity index (χ2v) is 3.17. The molecule has 0 aliphatic heterocycles. The zero-order valence-corrected chi connectivity index (χ0v) is 9.95. The van der Waals surface area contributed by atoms with Crippen LogP contribution in [-0.4, -0.2) is 17.2 Å². The summed E-state index contributed by atoms with van der Waals surface area (Å²) in [6, 6.07) is 7.18. The first-order valence-electron chi connectivity index (χ1n) is 5.17. The molecule has 96 valence electrons. The summed E-state index contributed by atoms with van der Waals surface area (Å²) in [5, 5.41) is 31.3. The molecule has 0 amide bonds. The van der Waals surface area contributed by atoms with Gasteiger partial charge in [0.15, 0.2) is 5.75 Å². The van der Waals surface area contributed by atoms with Gasteiger partial charge in [-0.1, -0.05) is 0 Å². The van der Waals surface area contributed by atoms with E-state index in [2.05, 4.69) is 10.5 Å². The first kappa shape index (κ1) is 13.9. The maximum Gasteiger partial charge on any atom is 0.311 e. The molecule has 0 radical (unpaired) electrons. The van der Waals surface area contributed by atoms with Crippen molar-refractivity contribution in [2.24, 2.45) is 5.10 Å². The van der Waals surface area contributed by atoms with Crippen molar-refractivity contribution in [2.75, 3.05) is 12.0 Å². The van der Waals surface area contributed by atoms with Crippen LogP contribution in [0, 0.1) is 32.8 Å². The first-order chi connectivity index (χ1) is 9.12. The van der Waals surface area contributed by atoms with Crippen molar-refractivity contribution in [2.45, 2.75) is 6.92 Å². The van der Waals surface area contributed by atoms with E-state index in [-0.39, 0.29) is 23.8 Å². The van der Waals surface area contributed by atoms with E-state index in [4.69, 9.17) is 15.3 Å². The zero-order valence-electron chi connectivity index (χ0n) is 9.95. The fourth-order valence-electron chi connectivity index (χ4n) is 1.20. The Labute approximate surface area is 108 Å². The third-order valence-electron chi connectivity index (χ3n) is 1.96. The average Bonchev–Trinajstić information content (AvgIpc) is 2.40. The number of nitrogens with zero attached hydrogens (tertiary/aromatic N) is 4. The molecule has 0 atom stereocenters. The number of rotatable bonds is 5. The molecule has 19 heavy (non-hydrogen) atoms. The van der Waals surface area contributed by atoms with E-state index in [0.29, 0.717) is 5.69 Å². The Morgan fingerprint density at radius 3 is 2.74 bits per heavy atom. The van der Waals surface area contributed by atoms with Crippen LogP contribution in [0.3, 0.4) is 0 Å². The molecule has 0 heterocycles. The molecule has 0 saturated carbocycles. The van der Waals surface area contributed by atoms with Gasteiger partial charge in [0.2, 0.25) is 5.71 Å². The van der Waals surface area contributed by atoms with Crippen LogP contribution < -0.4 is 10.2 Å². The maximum absolute atomic E-state index is 10.8. The number of anilines is 1. The van der Waals surface area contributed by atoms with Gasteiger partial charge in [-0.2, -0.15) is 15.6 Å². The number of hydrazone groups is 1. The fraction of sp³-hybridized carbons (Fsp3) is 0.182. The topological polar surface area (TPSA) is 124 Å². The van der Waals surface area contributed by atoms with Gasteiger partial charge in [0, 0.05) is 12.1 Å². The summed E-state index contributed by atoms with van der Waals surface area (Å²) in [6.07, 6.45) is 0. The lowest BCUT2D eigenvalue weighted by Crippen LogP contribution is -2.00. The van der Waals surface area contributed by atoms with Gasteiger partial charge in [-0.25, -0.2) is 0 Å². The summed E-state index contributed by atoms with van der Waals surface area (Å²) in [5.74, 6) is 0.0863. The number of nitro benzene ring substituents is 1. The molecular formula is C11H9N5O3. The van der Waals surface area contributed by atoms with Crippen LogP contribution in [-0.2, 0) is 0 Å². The minimum Gasteiger partial charge on any atom is -0.487 e. The molecule has 1 rings (SSSR count). The van der Waals surface area contributed by atoms with E-state index in [1.54, 1.807) is 19.1 Å². The van der Waals surface area contributed by atoms with Crippen LogP contribution in [0.5, 0.6) is 5.75 Å². The first-order valence-corrected chi connectivity index (χ1v) is 5.17. The minimum absolute atomic E-state index is 0.0863. The molecule has 1 aromatic rings. The standard InChI is InChI=1S/C11H9N5O3/c1-2-19-11-5-8(3-4-10(11)16(17)18)14-15-9(6-12)7-13/h3-5,14H,2H2,1H3. The number of nitriles is 2. The Morgan fingerprint density at radius 2 is 2.21 bits per heavy atom. The van der Waals surface area contributed by atoms with Crippen LogP contribution in [0.15, 0.2) is 23.3 Å². The van der Waals surface area contributed by atoms with Crippen LogP contribution in [0.4, 0.5) is 11.4 Å². The molecule has 0 spiro atoms. The van der Waals surface area contributed by atoms with Crippen molar-refractivity contribution >= 4 is 17.1 Å². The molecular weight excluding hydrogens is 250 g/mol. The van der Waals surface area contributed by atoms with E-state index < -0.39 is 4.92 Å². The van der Waals surface area contributed by atoms with E-state index in [1.165, 1.54) is 18.2 Å². The van der Waals surface area contributed by atoms with Crippen molar-refractivity contribution in [1.29, 1.82) is 10.5 Å². The predicted molar refractivity (Wildman–Crippen MR) is 66.5 cm³/mol. The highest BCUT2D eigenvalue weighted by molar-refractivity contribution is 6.10. The Morgan fingerprint density at radius 1 is 1.53 bits per heavy atom. The summed E-state index contributed by atoms with van der Waals surface area (Å²) in [6.45, 7) is 1.97. The van der Waals surface area contributed by atoms with Gasteiger partial charge < -0.3 is 4.74 Å². The summed E-state index contributed by atoms with van der Waals surface area (Å²) >= 11 is 0. The molecule has 0 bridgehead atoms. The lowest BCUT2D eigenvalue weighted by molar-refractivity contribution is -0.385. The van der Waals surface area contributed by atoms with Crippen LogP contribution in [0.1, 0.15) is 6.92 Å². The highest BCUT2D eigenvalue weighted by Crippen LogP contribution is 2.30. The molecule has 0 fully saturated rings. The summed E-state index contributed by atoms with van der Waals surface area (Å²) < 4.78 is 5.14. The van der Waals surface area contributed by atoms with Gasteiger partial charge in [0.25, 0.3) is 0 Å². The monoisotopic (exact) mass is 259 g/mol. The van der Waals surface area contributed by atoms with Gasteiger partial charge in [-0.05, 0) is 13.0 Å². The highest BCUT2D eigenvalue weighted by Gasteiger charge is 2.15. The maximum atomic E-state index is 10.8. The van der Waals surface area contributed by atoms with Gasteiger partial charge in [0.05, 0.1) is 17.2 Å². The van der Waals surface area contributed by atoms with E-state index in [0.717, 1.165) is 0 Å². The summed E-state index contributed by atoms with van der Waals surface area (Å²) in [5.41, 5.74) is 2.30. The molecule has 0 aliphatic carbocycles. The number of nitrogens with one attached hydrogen (secondary N) is 1. The number of nitro groups is 1. The number of ether oxygens (including phenoxy) is 1. The zero-order chi connectivity index (χ0) is 14.3. The van der Waals surface area contributed by atoms with Crippen LogP contribution >= 0.6 is 0 Å². The largest absolute Gasteiger partial charge is 0.487 e. The van der Waals surface area contributed by atoms with Crippen molar-refractivity contribution in [3.63, 3.8) is 0 Å². The lowest BCUT2D eigenvalue weighted by Gasteiger charge is -2.06. The Hall–Kier alpha value is -3.13. The van der Waals surface area contributed by atoms with E-state index >= 15 is 0 Å². The summed E-state index contributed by atoms with van der Waals surface area (Å²) in [7, 11) is 0. The lowest BCUT2D eigenvalue weighted by atomic mass is 10.2. The normalized spacial score (nSPS) is 8.79.